The Kier molecular flexibility index (Phi) is 5.57. The molecule has 0 N–H and O–H groups in total. The van der Waals surface area contributed by atoms with Crippen molar-refractivity contribution in [2.75, 3.05) is 12.3 Å². The molecule has 1 aromatic heterocycles. The van der Waals surface area contributed by atoms with E-state index in [1.807, 2.05) is 17.8 Å². The minimum Gasteiger partial charge on any atom is -0.336 e. The fourth-order valence-corrected chi connectivity index (χ4v) is 4.53. The summed E-state index contributed by atoms with van der Waals surface area (Å²) in [5, 5.41) is 4.29. The molecular weight excluding hydrogens is 310 g/mol. The van der Waals surface area contributed by atoms with E-state index in [4.69, 9.17) is 0 Å². The molecule has 3 rings (SSSR count). The fourth-order valence-electron chi connectivity index (χ4n) is 2.95. The molecule has 1 amide bonds. The predicted molar refractivity (Wildman–Crippen MR) is 94.4 cm³/mol. The normalized spacial score (nSPS) is 17.8. The lowest BCUT2D eigenvalue weighted by molar-refractivity contribution is -0.132. The van der Waals surface area contributed by atoms with Crippen LogP contribution >= 0.6 is 23.1 Å². The van der Waals surface area contributed by atoms with Gasteiger partial charge in [-0.15, -0.1) is 11.8 Å². The van der Waals surface area contributed by atoms with Crippen molar-refractivity contribution >= 4 is 29.0 Å². The lowest BCUT2D eigenvalue weighted by Crippen LogP contribution is -2.30. The van der Waals surface area contributed by atoms with Crippen LogP contribution in [0.25, 0.3) is 0 Å². The van der Waals surface area contributed by atoms with Crippen LogP contribution < -0.4 is 0 Å². The van der Waals surface area contributed by atoms with Crippen LogP contribution in [0.3, 0.4) is 0 Å². The van der Waals surface area contributed by atoms with Crippen molar-refractivity contribution in [3.8, 4) is 0 Å². The van der Waals surface area contributed by atoms with Crippen molar-refractivity contribution in [3.05, 3.63) is 52.7 Å². The van der Waals surface area contributed by atoms with Gasteiger partial charge in [-0.3, -0.25) is 4.79 Å². The highest BCUT2D eigenvalue weighted by Crippen LogP contribution is 2.33. The summed E-state index contributed by atoms with van der Waals surface area (Å²) in [7, 11) is 0. The number of carbonyl (C=O) groups excluding carboxylic acids is 1. The van der Waals surface area contributed by atoms with Gasteiger partial charge in [0.2, 0.25) is 5.91 Å². The summed E-state index contributed by atoms with van der Waals surface area (Å²) < 4.78 is 0. The molecule has 0 unspecified atom stereocenters. The monoisotopic (exact) mass is 331 g/mol. The first-order valence-corrected chi connectivity index (χ1v) is 9.77. The third-order valence-electron chi connectivity index (χ3n) is 4.05. The van der Waals surface area contributed by atoms with Gasteiger partial charge in [-0.2, -0.15) is 11.3 Å². The second-order valence-corrected chi connectivity index (χ2v) is 7.52. The Morgan fingerprint density at radius 1 is 1.27 bits per heavy atom. The summed E-state index contributed by atoms with van der Waals surface area (Å²) in [4.78, 5) is 15.9. The van der Waals surface area contributed by atoms with E-state index >= 15 is 0 Å². The SMILES string of the molecule is O=C(CCCSc1ccccc1)N1CCC[C@@H]1c1ccsc1. The molecule has 0 radical (unpaired) electrons. The Bertz CT molecular complexity index is 582. The van der Waals surface area contributed by atoms with Crippen LogP contribution in [-0.2, 0) is 4.79 Å². The van der Waals surface area contributed by atoms with Gasteiger partial charge in [-0.1, -0.05) is 18.2 Å². The molecule has 1 aliphatic heterocycles. The van der Waals surface area contributed by atoms with Gasteiger partial charge in [0.05, 0.1) is 6.04 Å². The molecule has 0 saturated carbocycles. The maximum absolute atomic E-state index is 12.5. The van der Waals surface area contributed by atoms with Gasteiger partial charge in [0.1, 0.15) is 0 Å². The second-order valence-electron chi connectivity index (χ2n) is 5.57. The van der Waals surface area contributed by atoms with Crippen molar-refractivity contribution in [1.29, 1.82) is 0 Å². The quantitative estimate of drug-likeness (QED) is 0.549. The molecule has 2 aromatic rings. The molecule has 2 heterocycles. The van der Waals surface area contributed by atoms with Crippen LogP contribution in [0.5, 0.6) is 0 Å². The van der Waals surface area contributed by atoms with Crippen molar-refractivity contribution in [2.45, 2.75) is 36.6 Å². The zero-order valence-corrected chi connectivity index (χ0v) is 14.2. The zero-order valence-electron chi connectivity index (χ0n) is 12.6. The third-order valence-corrected chi connectivity index (χ3v) is 5.85. The minimum absolute atomic E-state index is 0.320. The van der Waals surface area contributed by atoms with E-state index in [1.165, 1.54) is 10.5 Å². The number of carbonyl (C=O) groups is 1. The molecule has 4 heteroatoms. The van der Waals surface area contributed by atoms with E-state index in [2.05, 4.69) is 46.0 Å². The van der Waals surface area contributed by atoms with Crippen LogP contribution in [0.4, 0.5) is 0 Å². The van der Waals surface area contributed by atoms with E-state index in [-0.39, 0.29) is 0 Å². The molecule has 1 aromatic carbocycles. The molecular formula is C18H21NOS2. The molecule has 1 saturated heterocycles. The van der Waals surface area contributed by atoms with Crippen molar-refractivity contribution in [1.82, 2.24) is 4.90 Å². The van der Waals surface area contributed by atoms with Crippen LogP contribution in [0.15, 0.2) is 52.1 Å². The lowest BCUT2D eigenvalue weighted by Gasteiger charge is -2.24. The highest BCUT2D eigenvalue weighted by Gasteiger charge is 2.29. The maximum atomic E-state index is 12.5. The number of thioether (sulfide) groups is 1. The van der Waals surface area contributed by atoms with Gasteiger partial charge in [0, 0.05) is 17.9 Å². The van der Waals surface area contributed by atoms with Crippen molar-refractivity contribution in [2.24, 2.45) is 0 Å². The van der Waals surface area contributed by atoms with Gasteiger partial charge in [0.25, 0.3) is 0 Å². The summed E-state index contributed by atoms with van der Waals surface area (Å²) in [6.07, 6.45) is 3.86. The number of benzene rings is 1. The average molecular weight is 332 g/mol. The Labute approximate surface area is 140 Å². The third kappa shape index (κ3) is 3.93. The predicted octanol–water partition coefficient (Wildman–Crippen LogP) is 4.98. The largest absolute Gasteiger partial charge is 0.336 e. The standard InChI is InChI=1S/C18H21NOS2/c20-18(9-5-12-22-16-6-2-1-3-7-16)19-11-4-8-17(19)15-10-13-21-14-15/h1-3,6-7,10,13-14,17H,4-5,8-9,11-12H2/t17-/m1/s1. The molecule has 1 fully saturated rings. The van der Waals surface area contributed by atoms with Gasteiger partial charge in [-0.05, 0) is 59.5 Å². The van der Waals surface area contributed by atoms with E-state index in [1.54, 1.807) is 11.3 Å². The lowest BCUT2D eigenvalue weighted by atomic mass is 10.1. The summed E-state index contributed by atoms with van der Waals surface area (Å²) in [6, 6.07) is 12.9. The molecule has 2 nitrogen and oxygen atoms in total. The number of amides is 1. The van der Waals surface area contributed by atoms with Crippen LogP contribution in [0.1, 0.15) is 37.3 Å². The molecule has 0 spiro atoms. The number of thiophene rings is 1. The number of nitrogens with zero attached hydrogens (tertiary/aromatic N) is 1. The molecule has 22 heavy (non-hydrogen) atoms. The summed E-state index contributed by atoms with van der Waals surface area (Å²) >= 11 is 3.55. The molecule has 1 aliphatic rings. The van der Waals surface area contributed by atoms with Crippen LogP contribution in [0.2, 0.25) is 0 Å². The highest BCUT2D eigenvalue weighted by molar-refractivity contribution is 7.99. The van der Waals surface area contributed by atoms with Gasteiger partial charge >= 0.3 is 0 Å². The highest BCUT2D eigenvalue weighted by atomic mass is 32.2. The molecule has 116 valence electrons. The Hall–Kier alpha value is -1.26. The van der Waals surface area contributed by atoms with Crippen LogP contribution in [-0.4, -0.2) is 23.1 Å². The van der Waals surface area contributed by atoms with Crippen LogP contribution in [0, 0.1) is 0 Å². The average Bonchev–Trinajstić information content (AvgIpc) is 3.22. The summed E-state index contributed by atoms with van der Waals surface area (Å²) in [5.74, 6) is 1.33. The minimum atomic E-state index is 0.320. The fraction of sp³-hybridized carbons (Fsp3) is 0.389. The number of hydrogen-bond donors (Lipinski definition) is 0. The van der Waals surface area contributed by atoms with Gasteiger partial charge in [0.15, 0.2) is 0 Å². The van der Waals surface area contributed by atoms with E-state index in [0.29, 0.717) is 18.4 Å². The van der Waals surface area contributed by atoms with Crippen molar-refractivity contribution in [3.63, 3.8) is 0 Å². The Morgan fingerprint density at radius 3 is 2.91 bits per heavy atom. The molecule has 1 atom stereocenters. The Balaban J connectivity index is 1.45. The summed E-state index contributed by atoms with van der Waals surface area (Å²) in [6.45, 7) is 0.922. The number of rotatable bonds is 6. The summed E-state index contributed by atoms with van der Waals surface area (Å²) in [5.41, 5.74) is 1.31. The Morgan fingerprint density at radius 2 is 2.14 bits per heavy atom. The number of likely N-dealkylation sites (tertiary alicyclic amines) is 1. The van der Waals surface area contributed by atoms with E-state index in [0.717, 1.165) is 31.6 Å². The first-order chi connectivity index (χ1) is 10.8. The number of hydrogen-bond acceptors (Lipinski definition) is 3. The zero-order chi connectivity index (χ0) is 15.2. The van der Waals surface area contributed by atoms with E-state index < -0.39 is 0 Å². The topological polar surface area (TPSA) is 20.3 Å². The molecule has 0 aliphatic carbocycles. The first kappa shape index (κ1) is 15.6. The smallest absolute Gasteiger partial charge is 0.223 e. The molecule has 0 bridgehead atoms. The van der Waals surface area contributed by atoms with Gasteiger partial charge < -0.3 is 4.90 Å². The van der Waals surface area contributed by atoms with Crippen molar-refractivity contribution < 1.29 is 4.79 Å². The van der Waals surface area contributed by atoms with Gasteiger partial charge in [-0.25, -0.2) is 0 Å². The maximum Gasteiger partial charge on any atom is 0.223 e. The second kappa shape index (κ2) is 7.84. The van der Waals surface area contributed by atoms with E-state index in [9.17, 15) is 4.79 Å². The first-order valence-electron chi connectivity index (χ1n) is 7.84.